The molecule has 0 radical (unpaired) electrons. The zero-order valence-electron chi connectivity index (χ0n) is 11.7. The van der Waals surface area contributed by atoms with Gasteiger partial charge in [-0.1, -0.05) is 20.3 Å². The van der Waals surface area contributed by atoms with E-state index in [1.165, 1.54) is 19.3 Å². The van der Waals surface area contributed by atoms with Gasteiger partial charge in [-0.3, -0.25) is 4.79 Å². The van der Waals surface area contributed by atoms with Crippen molar-refractivity contribution >= 4 is 17.5 Å². The zero-order valence-corrected chi connectivity index (χ0v) is 12.5. The van der Waals surface area contributed by atoms with Crippen molar-refractivity contribution in [2.45, 2.75) is 58.4 Å². The third kappa shape index (κ3) is 2.68. The molecular weight excluding hydrogens is 246 g/mol. The van der Waals surface area contributed by atoms with Crippen molar-refractivity contribution in [2.24, 2.45) is 17.8 Å². The highest BCUT2D eigenvalue weighted by Crippen LogP contribution is 2.49. The van der Waals surface area contributed by atoms with E-state index in [1.54, 1.807) is 0 Å². The summed E-state index contributed by atoms with van der Waals surface area (Å²) in [5.41, 5.74) is 0. The molecule has 2 bridgehead atoms. The van der Waals surface area contributed by atoms with Gasteiger partial charge >= 0.3 is 0 Å². The number of alkyl halides is 1. The lowest BCUT2D eigenvalue weighted by atomic mass is 9.87. The van der Waals surface area contributed by atoms with E-state index in [4.69, 9.17) is 11.6 Å². The number of hydrogen-bond donors (Lipinski definition) is 0. The van der Waals surface area contributed by atoms with Crippen LogP contribution in [0.2, 0.25) is 0 Å². The van der Waals surface area contributed by atoms with Gasteiger partial charge < -0.3 is 4.90 Å². The predicted molar refractivity (Wildman–Crippen MR) is 75.7 cm³/mol. The molecule has 1 amide bonds. The summed E-state index contributed by atoms with van der Waals surface area (Å²) in [5, 5.41) is 0. The van der Waals surface area contributed by atoms with Crippen molar-refractivity contribution in [2.75, 3.05) is 12.4 Å². The lowest BCUT2D eigenvalue weighted by Gasteiger charge is -2.34. The van der Waals surface area contributed by atoms with Crippen molar-refractivity contribution in [3.8, 4) is 0 Å². The number of halogens is 1. The molecule has 2 rings (SSSR count). The van der Waals surface area contributed by atoms with Crippen molar-refractivity contribution in [1.29, 1.82) is 0 Å². The standard InChI is InChI=1S/C15H26ClNO/c1-3-13(4-2)17(8-7-16)15(18)14-10-11-5-6-12(14)9-11/h11-14H,3-10H2,1-2H3. The van der Waals surface area contributed by atoms with Crippen molar-refractivity contribution in [3.05, 3.63) is 0 Å². The van der Waals surface area contributed by atoms with Crippen LogP contribution in [0.5, 0.6) is 0 Å². The molecule has 0 aliphatic heterocycles. The molecule has 0 aromatic heterocycles. The third-order valence-electron chi connectivity index (χ3n) is 5.05. The zero-order chi connectivity index (χ0) is 13.1. The Balaban J connectivity index is 2.03. The van der Waals surface area contributed by atoms with Crippen LogP contribution in [0.1, 0.15) is 52.4 Å². The first kappa shape index (κ1) is 14.2. The van der Waals surface area contributed by atoms with E-state index in [0.29, 0.717) is 29.7 Å². The van der Waals surface area contributed by atoms with Gasteiger partial charge in [0.1, 0.15) is 0 Å². The Morgan fingerprint density at radius 3 is 2.44 bits per heavy atom. The van der Waals surface area contributed by atoms with Gasteiger partial charge in [-0.15, -0.1) is 11.6 Å². The topological polar surface area (TPSA) is 20.3 Å². The van der Waals surface area contributed by atoms with E-state index >= 15 is 0 Å². The van der Waals surface area contributed by atoms with E-state index in [2.05, 4.69) is 18.7 Å². The summed E-state index contributed by atoms with van der Waals surface area (Å²) in [6.45, 7) is 5.06. The SMILES string of the molecule is CCC(CC)N(CCCl)C(=O)C1CC2CCC1C2. The maximum absolute atomic E-state index is 12.8. The number of amides is 1. The second kappa shape index (κ2) is 6.27. The fourth-order valence-electron chi connectivity index (χ4n) is 4.05. The molecule has 18 heavy (non-hydrogen) atoms. The highest BCUT2D eigenvalue weighted by Gasteiger charge is 2.44. The highest BCUT2D eigenvalue weighted by atomic mass is 35.5. The van der Waals surface area contributed by atoms with Gasteiger partial charge in [0.05, 0.1) is 0 Å². The van der Waals surface area contributed by atoms with Gasteiger partial charge in [0.15, 0.2) is 0 Å². The van der Waals surface area contributed by atoms with Gasteiger partial charge in [-0.25, -0.2) is 0 Å². The molecular formula is C15H26ClNO. The lowest BCUT2D eigenvalue weighted by Crippen LogP contribution is -2.45. The Kier molecular flexibility index (Phi) is 4.94. The highest BCUT2D eigenvalue weighted by molar-refractivity contribution is 6.18. The van der Waals surface area contributed by atoms with Crippen LogP contribution in [0.3, 0.4) is 0 Å². The summed E-state index contributed by atoms with van der Waals surface area (Å²) >= 11 is 5.89. The smallest absolute Gasteiger partial charge is 0.226 e. The lowest BCUT2D eigenvalue weighted by molar-refractivity contribution is -0.139. The van der Waals surface area contributed by atoms with Crippen molar-refractivity contribution in [3.63, 3.8) is 0 Å². The molecule has 0 heterocycles. The number of hydrogen-bond acceptors (Lipinski definition) is 1. The predicted octanol–water partition coefficient (Wildman–Crippen LogP) is 3.68. The monoisotopic (exact) mass is 271 g/mol. The van der Waals surface area contributed by atoms with Crippen LogP contribution in [-0.4, -0.2) is 29.3 Å². The molecule has 2 nitrogen and oxygen atoms in total. The first-order valence-corrected chi connectivity index (χ1v) is 8.11. The molecule has 3 heteroatoms. The van der Waals surface area contributed by atoms with Crippen LogP contribution < -0.4 is 0 Å². The first-order valence-electron chi connectivity index (χ1n) is 7.57. The summed E-state index contributed by atoms with van der Waals surface area (Å²) in [6.07, 6.45) is 7.16. The number of carbonyl (C=O) groups is 1. The fourth-order valence-corrected chi connectivity index (χ4v) is 4.24. The van der Waals surface area contributed by atoms with Crippen LogP contribution in [0, 0.1) is 17.8 Å². The van der Waals surface area contributed by atoms with Crippen LogP contribution in [0.15, 0.2) is 0 Å². The average molecular weight is 272 g/mol. The van der Waals surface area contributed by atoms with Gasteiger partial charge in [-0.2, -0.15) is 0 Å². The number of rotatable bonds is 6. The molecule has 0 spiro atoms. The molecule has 3 unspecified atom stereocenters. The molecule has 0 aromatic rings. The minimum Gasteiger partial charge on any atom is -0.338 e. The van der Waals surface area contributed by atoms with E-state index in [1.807, 2.05) is 0 Å². The minimum absolute atomic E-state index is 0.313. The van der Waals surface area contributed by atoms with E-state index in [0.717, 1.165) is 31.7 Å². The molecule has 2 aliphatic carbocycles. The third-order valence-corrected chi connectivity index (χ3v) is 5.22. The van der Waals surface area contributed by atoms with Crippen LogP contribution in [0.4, 0.5) is 0 Å². The molecule has 2 saturated carbocycles. The molecule has 3 atom stereocenters. The Labute approximate surface area is 116 Å². The molecule has 104 valence electrons. The maximum atomic E-state index is 12.8. The summed E-state index contributed by atoms with van der Waals surface area (Å²) in [4.78, 5) is 14.8. The quantitative estimate of drug-likeness (QED) is 0.675. The number of fused-ring (bicyclic) bond motifs is 2. The summed E-state index contributed by atoms with van der Waals surface area (Å²) in [7, 11) is 0. The van der Waals surface area contributed by atoms with Gasteiger partial charge in [-0.05, 0) is 43.9 Å². The molecule has 0 N–H and O–H groups in total. The summed E-state index contributed by atoms with van der Waals surface area (Å²) < 4.78 is 0. The van der Waals surface area contributed by atoms with Gasteiger partial charge in [0, 0.05) is 24.4 Å². The maximum Gasteiger partial charge on any atom is 0.226 e. The van der Waals surface area contributed by atoms with Gasteiger partial charge in [0.25, 0.3) is 0 Å². The largest absolute Gasteiger partial charge is 0.338 e. The van der Waals surface area contributed by atoms with Crippen LogP contribution in [-0.2, 0) is 4.79 Å². The molecule has 2 aliphatic rings. The summed E-state index contributed by atoms with van der Waals surface area (Å²) in [5.74, 6) is 2.78. The fraction of sp³-hybridized carbons (Fsp3) is 0.933. The Morgan fingerprint density at radius 1 is 1.28 bits per heavy atom. The van der Waals surface area contributed by atoms with E-state index in [9.17, 15) is 4.79 Å². The Morgan fingerprint density at radius 2 is 2.00 bits per heavy atom. The second-order valence-electron chi connectivity index (χ2n) is 5.97. The summed E-state index contributed by atoms with van der Waals surface area (Å²) in [6, 6.07) is 0.385. The molecule has 0 aromatic carbocycles. The van der Waals surface area contributed by atoms with Gasteiger partial charge in [0.2, 0.25) is 5.91 Å². The minimum atomic E-state index is 0.313. The first-order chi connectivity index (χ1) is 8.71. The number of carbonyl (C=O) groups excluding carboxylic acids is 1. The van der Waals surface area contributed by atoms with Crippen molar-refractivity contribution < 1.29 is 4.79 Å². The molecule has 2 fully saturated rings. The average Bonchev–Trinajstić information content (AvgIpc) is 3.00. The molecule has 0 saturated heterocycles. The number of nitrogens with zero attached hydrogens (tertiary/aromatic N) is 1. The van der Waals surface area contributed by atoms with E-state index < -0.39 is 0 Å². The normalized spacial score (nSPS) is 30.1. The van der Waals surface area contributed by atoms with E-state index in [-0.39, 0.29) is 0 Å². The second-order valence-corrected chi connectivity index (χ2v) is 6.35. The van der Waals surface area contributed by atoms with Crippen molar-refractivity contribution in [1.82, 2.24) is 4.90 Å². The van der Waals surface area contributed by atoms with Crippen LogP contribution in [0.25, 0.3) is 0 Å². The Bertz CT molecular complexity index is 290. The Hall–Kier alpha value is -0.240. The van der Waals surface area contributed by atoms with Crippen LogP contribution >= 0.6 is 11.6 Å².